The molecule has 0 saturated heterocycles. The largest absolute Gasteiger partial charge is 0.398 e. The minimum Gasteiger partial charge on any atom is -0.398 e. The Hall–Kier alpha value is -2.62. The smallest absolute Gasteiger partial charge is 0.265 e. The van der Waals surface area contributed by atoms with E-state index in [9.17, 15) is 4.79 Å². The molecule has 0 unspecified atom stereocenters. The Balaban J connectivity index is 2.16. The van der Waals surface area contributed by atoms with Crippen molar-refractivity contribution in [1.29, 1.82) is 0 Å². The Kier molecular flexibility index (Phi) is 2.34. The highest BCUT2D eigenvalue weighted by atomic mass is 16.2. The van der Waals surface area contributed by atoms with E-state index < -0.39 is 0 Å². The predicted octanol–water partition coefficient (Wildman–Crippen LogP) is 2.31. The molecular weight excluding hydrogens is 226 g/mol. The second-order valence-electron chi connectivity index (χ2n) is 4.00. The SMILES string of the molecule is Nc1ccccc1C(=O)n1cnc2ccccc21. The van der Waals surface area contributed by atoms with Gasteiger partial charge in [0.25, 0.3) is 5.91 Å². The molecule has 88 valence electrons. The number of nitrogens with zero attached hydrogens (tertiary/aromatic N) is 2. The van der Waals surface area contributed by atoms with Gasteiger partial charge in [-0.15, -0.1) is 0 Å². The first kappa shape index (κ1) is 10.5. The molecule has 3 aromatic rings. The molecule has 0 bridgehead atoms. The minimum atomic E-state index is -0.165. The summed E-state index contributed by atoms with van der Waals surface area (Å²) in [5.74, 6) is -0.165. The molecule has 0 spiro atoms. The molecule has 2 aromatic carbocycles. The van der Waals surface area contributed by atoms with E-state index in [0.29, 0.717) is 11.3 Å². The molecule has 0 radical (unpaired) electrons. The van der Waals surface area contributed by atoms with Crippen LogP contribution in [0.1, 0.15) is 10.4 Å². The third-order valence-corrected chi connectivity index (χ3v) is 2.86. The fraction of sp³-hybridized carbons (Fsp3) is 0. The summed E-state index contributed by atoms with van der Waals surface area (Å²) in [5, 5.41) is 0. The first-order valence-corrected chi connectivity index (χ1v) is 5.58. The van der Waals surface area contributed by atoms with Gasteiger partial charge < -0.3 is 5.73 Å². The van der Waals surface area contributed by atoms with Gasteiger partial charge in [-0.05, 0) is 24.3 Å². The Morgan fingerprint density at radius 3 is 2.61 bits per heavy atom. The summed E-state index contributed by atoms with van der Waals surface area (Å²) in [6.07, 6.45) is 1.53. The van der Waals surface area contributed by atoms with Gasteiger partial charge in [0.2, 0.25) is 0 Å². The van der Waals surface area contributed by atoms with Crippen LogP contribution in [0.25, 0.3) is 11.0 Å². The number of rotatable bonds is 1. The summed E-state index contributed by atoms with van der Waals surface area (Å²) in [6.45, 7) is 0. The number of imidazole rings is 1. The number of anilines is 1. The van der Waals surface area contributed by atoms with E-state index in [1.165, 1.54) is 10.9 Å². The van der Waals surface area contributed by atoms with Crippen molar-refractivity contribution in [3.63, 3.8) is 0 Å². The van der Waals surface area contributed by atoms with Crippen molar-refractivity contribution in [3.8, 4) is 0 Å². The fourth-order valence-electron chi connectivity index (χ4n) is 1.94. The number of carbonyl (C=O) groups excluding carboxylic acids is 1. The molecule has 3 rings (SSSR count). The number of hydrogen-bond acceptors (Lipinski definition) is 3. The molecule has 0 aliphatic rings. The molecule has 0 atom stereocenters. The molecule has 4 nitrogen and oxygen atoms in total. The second kappa shape index (κ2) is 4.00. The van der Waals surface area contributed by atoms with Gasteiger partial charge in [0.05, 0.1) is 16.6 Å². The van der Waals surface area contributed by atoms with Crippen LogP contribution in [-0.2, 0) is 0 Å². The van der Waals surface area contributed by atoms with Crippen LogP contribution in [0, 0.1) is 0 Å². The van der Waals surface area contributed by atoms with Crippen LogP contribution in [0.3, 0.4) is 0 Å². The lowest BCUT2D eigenvalue weighted by atomic mass is 10.1. The van der Waals surface area contributed by atoms with Crippen molar-refractivity contribution in [3.05, 3.63) is 60.4 Å². The zero-order chi connectivity index (χ0) is 12.5. The van der Waals surface area contributed by atoms with E-state index in [1.807, 2.05) is 24.3 Å². The van der Waals surface area contributed by atoms with E-state index in [4.69, 9.17) is 5.73 Å². The fourth-order valence-corrected chi connectivity index (χ4v) is 1.94. The van der Waals surface area contributed by atoms with Gasteiger partial charge in [-0.2, -0.15) is 0 Å². The van der Waals surface area contributed by atoms with Crippen molar-refractivity contribution >= 4 is 22.6 Å². The van der Waals surface area contributed by atoms with Crippen LogP contribution in [0.4, 0.5) is 5.69 Å². The van der Waals surface area contributed by atoms with E-state index in [-0.39, 0.29) is 5.91 Å². The lowest BCUT2D eigenvalue weighted by molar-refractivity contribution is 0.0965. The Morgan fingerprint density at radius 2 is 1.78 bits per heavy atom. The number of para-hydroxylation sites is 3. The average molecular weight is 237 g/mol. The number of nitrogens with two attached hydrogens (primary N) is 1. The summed E-state index contributed by atoms with van der Waals surface area (Å²) in [7, 11) is 0. The maximum Gasteiger partial charge on any atom is 0.265 e. The van der Waals surface area contributed by atoms with Crippen molar-refractivity contribution < 1.29 is 4.79 Å². The molecule has 4 heteroatoms. The normalized spacial score (nSPS) is 10.7. The summed E-state index contributed by atoms with van der Waals surface area (Å²) in [4.78, 5) is 16.6. The third-order valence-electron chi connectivity index (χ3n) is 2.86. The number of benzene rings is 2. The van der Waals surface area contributed by atoms with Crippen LogP contribution < -0.4 is 5.73 Å². The van der Waals surface area contributed by atoms with Crippen molar-refractivity contribution in [2.45, 2.75) is 0 Å². The van der Waals surface area contributed by atoms with Gasteiger partial charge >= 0.3 is 0 Å². The Bertz CT molecular complexity index is 730. The lowest BCUT2D eigenvalue weighted by Crippen LogP contribution is -2.12. The molecule has 1 aromatic heterocycles. The molecule has 2 N–H and O–H groups in total. The van der Waals surface area contributed by atoms with Crippen LogP contribution in [0.2, 0.25) is 0 Å². The predicted molar refractivity (Wildman–Crippen MR) is 70.3 cm³/mol. The van der Waals surface area contributed by atoms with E-state index >= 15 is 0 Å². The minimum absolute atomic E-state index is 0.165. The number of fused-ring (bicyclic) bond motifs is 1. The summed E-state index contributed by atoms with van der Waals surface area (Å²) < 4.78 is 1.51. The zero-order valence-corrected chi connectivity index (χ0v) is 9.58. The highest BCUT2D eigenvalue weighted by Crippen LogP contribution is 2.17. The molecule has 0 aliphatic heterocycles. The quantitative estimate of drug-likeness (QED) is 0.660. The van der Waals surface area contributed by atoms with Crippen molar-refractivity contribution in [2.24, 2.45) is 0 Å². The molecule has 0 saturated carbocycles. The van der Waals surface area contributed by atoms with E-state index in [0.717, 1.165) is 11.0 Å². The summed E-state index contributed by atoms with van der Waals surface area (Å²) in [5.41, 5.74) is 8.35. The summed E-state index contributed by atoms with van der Waals surface area (Å²) >= 11 is 0. The standard InChI is InChI=1S/C14H11N3O/c15-11-6-2-1-5-10(11)14(18)17-9-16-12-7-3-4-8-13(12)17/h1-9H,15H2. The van der Waals surface area contributed by atoms with Gasteiger partial charge in [-0.3, -0.25) is 9.36 Å². The molecule has 1 heterocycles. The van der Waals surface area contributed by atoms with Gasteiger partial charge in [-0.25, -0.2) is 4.98 Å². The van der Waals surface area contributed by atoms with E-state index in [2.05, 4.69) is 4.98 Å². The van der Waals surface area contributed by atoms with Crippen molar-refractivity contribution in [1.82, 2.24) is 9.55 Å². The number of nitrogen functional groups attached to an aromatic ring is 1. The summed E-state index contributed by atoms with van der Waals surface area (Å²) in [6, 6.07) is 14.5. The lowest BCUT2D eigenvalue weighted by Gasteiger charge is -2.05. The Morgan fingerprint density at radius 1 is 1.06 bits per heavy atom. The van der Waals surface area contributed by atoms with E-state index in [1.54, 1.807) is 24.3 Å². The van der Waals surface area contributed by atoms with Crippen LogP contribution in [0.15, 0.2) is 54.9 Å². The third kappa shape index (κ3) is 1.55. The average Bonchev–Trinajstić information content (AvgIpc) is 2.82. The molecule has 0 fully saturated rings. The molecule has 0 amide bonds. The molecule has 0 aliphatic carbocycles. The highest BCUT2D eigenvalue weighted by molar-refractivity contribution is 6.04. The first-order chi connectivity index (χ1) is 8.77. The molecule has 18 heavy (non-hydrogen) atoms. The van der Waals surface area contributed by atoms with Crippen LogP contribution in [0.5, 0.6) is 0 Å². The Labute approximate surface area is 104 Å². The second-order valence-corrected chi connectivity index (χ2v) is 4.00. The van der Waals surface area contributed by atoms with Gasteiger partial charge in [0.15, 0.2) is 0 Å². The zero-order valence-electron chi connectivity index (χ0n) is 9.58. The number of hydrogen-bond donors (Lipinski definition) is 1. The maximum absolute atomic E-state index is 12.4. The van der Waals surface area contributed by atoms with Crippen LogP contribution in [-0.4, -0.2) is 15.5 Å². The topological polar surface area (TPSA) is 60.9 Å². The molecular formula is C14H11N3O. The number of aromatic nitrogens is 2. The van der Waals surface area contributed by atoms with Gasteiger partial charge in [0.1, 0.15) is 6.33 Å². The van der Waals surface area contributed by atoms with Crippen molar-refractivity contribution in [2.75, 3.05) is 5.73 Å². The highest BCUT2D eigenvalue weighted by Gasteiger charge is 2.13. The maximum atomic E-state index is 12.4. The first-order valence-electron chi connectivity index (χ1n) is 5.58. The monoisotopic (exact) mass is 237 g/mol. The number of carbonyl (C=O) groups is 1. The van der Waals surface area contributed by atoms with Gasteiger partial charge in [0, 0.05) is 5.69 Å². The van der Waals surface area contributed by atoms with Gasteiger partial charge in [-0.1, -0.05) is 24.3 Å². The van der Waals surface area contributed by atoms with Crippen LogP contribution >= 0.6 is 0 Å².